The summed E-state index contributed by atoms with van der Waals surface area (Å²) in [5.74, 6) is 0.0158. The standard InChI is InChI=1S/C16H22N4O.ClH/c1-13-15(16(21)19(3)10-9-17-2)11-18-20(13)12-14-7-5-4-6-8-14;/h4-8,11,17H,9-10,12H2,1-3H3;1H. The van der Waals surface area contributed by atoms with E-state index in [0.717, 1.165) is 12.2 Å². The highest BCUT2D eigenvalue weighted by Gasteiger charge is 2.17. The zero-order chi connectivity index (χ0) is 15.2. The fourth-order valence-electron chi connectivity index (χ4n) is 2.16. The highest BCUT2D eigenvalue weighted by molar-refractivity contribution is 5.94. The summed E-state index contributed by atoms with van der Waals surface area (Å²) in [4.78, 5) is 14.1. The Balaban J connectivity index is 0.00000242. The maximum atomic E-state index is 12.4. The lowest BCUT2D eigenvalue weighted by Crippen LogP contribution is -2.33. The molecule has 1 N–H and O–H groups in total. The molecule has 0 saturated heterocycles. The Labute approximate surface area is 137 Å². The Morgan fingerprint density at radius 2 is 2.00 bits per heavy atom. The van der Waals surface area contributed by atoms with Crippen LogP contribution in [0, 0.1) is 6.92 Å². The molecule has 1 aromatic carbocycles. The van der Waals surface area contributed by atoms with Crippen LogP contribution in [0.5, 0.6) is 0 Å². The number of halogens is 1. The molecule has 2 rings (SSSR count). The Kier molecular flexibility index (Phi) is 7.08. The number of carbonyl (C=O) groups is 1. The molecule has 120 valence electrons. The molecule has 6 heteroatoms. The topological polar surface area (TPSA) is 50.2 Å². The molecule has 0 spiro atoms. The van der Waals surface area contributed by atoms with Crippen molar-refractivity contribution >= 4 is 18.3 Å². The Morgan fingerprint density at radius 3 is 2.64 bits per heavy atom. The molecule has 0 radical (unpaired) electrons. The van der Waals surface area contributed by atoms with Gasteiger partial charge in [-0.25, -0.2) is 0 Å². The number of rotatable bonds is 6. The molecule has 22 heavy (non-hydrogen) atoms. The zero-order valence-electron chi connectivity index (χ0n) is 13.2. The molecule has 1 amide bonds. The van der Waals surface area contributed by atoms with Gasteiger partial charge in [0.15, 0.2) is 0 Å². The maximum absolute atomic E-state index is 12.4. The lowest BCUT2D eigenvalue weighted by Gasteiger charge is -2.16. The van der Waals surface area contributed by atoms with Gasteiger partial charge in [0.2, 0.25) is 0 Å². The molecule has 0 saturated carbocycles. The van der Waals surface area contributed by atoms with E-state index < -0.39 is 0 Å². The lowest BCUT2D eigenvalue weighted by molar-refractivity contribution is 0.0796. The van der Waals surface area contributed by atoms with Crippen molar-refractivity contribution in [2.75, 3.05) is 27.2 Å². The van der Waals surface area contributed by atoms with Crippen molar-refractivity contribution in [3.63, 3.8) is 0 Å². The third-order valence-electron chi connectivity index (χ3n) is 3.55. The molecule has 0 fully saturated rings. The van der Waals surface area contributed by atoms with Crippen LogP contribution >= 0.6 is 12.4 Å². The van der Waals surface area contributed by atoms with Crippen molar-refractivity contribution in [2.45, 2.75) is 13.5 Å². The third-order valence-corrected chi connectivity index (χ3v) is 3.55. The maximum Gasteiger partial charge on any atom is 0.257 e. The van der Waals surface area contributed by atoms with Gasteiger partial charge in [-0.05, 0) is 19.5 Å². The minimum atomic E-state index is 0. The van der Waals surface area contributed by atoms with Crippen LogP contribution in [0.1, 0.15) is 21.6 Å². The van der Waals surface area contributed by atoms with E-state index in [4.69, 9.17) is 0 Å². The molecule has 1 aromatic heterocycles. The van der Waals surface area contributed by atoms with Crippen LogP contribution in [0.4, 0.5) is 0 Å². The molecule has 2 aromatic rings. The highest BCUT2D eigenvalue weighted by Crippen LogP contribution is 2.12. The van der Waals surface area contributed by atoms with E-state index in [0.29, 0.717) is 18.7 Å². The smallest absolute Gasteiger partial charge is 0.257 e. The molecule has 5 nitrogen and oxygen atoms in total. The Morgan fingerprint density at radius 1 is 1.32 bits per heavy atom. The summed E-state index contributed by atoms with van der Waals surface area (Å²) in [6, 6.07) is 10.1. The first kappa shape index (κ1) is 18.2. The third kappa shape index (κ3) is 4.32. The van der Waals surface area contributed by atoms with Crippen LogP contribution in [-0.2, 0) is 6.54 Å². The van der Waals surface area contributed by atoms with Gasteiger partial charge in [0, 0.05) is 25.8 Å². The van der Waals surface area contributed by atoms with E-state index >= 15 is 0 Å². The van der Waals surface area contributed by atoms with Crippen molar-refractivity contribution in [2.24, 2.45) is 0 Å². The minimum Gasteiger partial charge on any atom is -0.340 e. The van der Waals surface area contributed by atoms with Crippen molar-refractivity contribution in [3.05, 3.63) is 53.3 Å². The summed E-state index contributed by atoms with van der Waals surface area (Å²) in [6.45, 7) is 4.08. The van der Waals surface area contributed by atoms with Gasteiger partial charge in [0.25, 0.3) is 5.91 Å². The van der Waals surface area contributed by atoms with E-state index in [1.54, 1.807) is 11.1 Å². The molecule has 0 aliphatic carbocycles. The quantitative estimate of drug-likeness (QED) is 0.884. The first-order valence-corrected chi connectivity index (χ1v) is 7.10. The first-order chi connectivity index (χ1) is 10.1. The zero-order valence-corrected chi connectivity index (χ0v) is 14.1. The van der Waals surface area contributed by atoms with E-state index in [9.17, 15) is 4.79 Å². The van der Waals surface area contributed by atoms with E-state index in [1.807, 2.05) is 43.9 Å². The van der Waals surface area contributed by atoms with Crippen LogP contribution in [0.3, 0.4) is 0 Å². The fraction of sp³-hybridized carbons (Fsp3) is 0.375. The predicted octanol–water partition coefficient (Wildman–Crippen LogP) is 1.95. The van der Waals surface area contributed by atoms with Gasteiger partial charge >= 0.3 is 0 Å². The molecule has 1 heterocycles. The SMILES string of the molecule is CNCCN(C)C(=O)c1cnn(Cc2ccccc2)c1C.Cl. The van der Waals surface area contributed by atoms with Crippen molar-refractivity contribution in [1.29, 1.82) is 0 Å². The van der Waals surface area contributed by atoms with Gasteiger partial charge in [0.1, 0.15) is 0 Å². The van der Waals surface area contributed by atoms with Gasteiger partial charge in [-0.3, -0.25) is 9.48 Å². The van der Waals surface area contributed by atoms with Gasteiger partial charge in [-0.15, -0.1) is 12.4 Å². The summed E-state index contributed by atoms with van der Waals surface area (Å²) in [5, 5.41) is 7.39. The molecular weight excluding hydrogens is 300 g/mol. The van der Waals surface area contributed by atoms with E-state index in [2.05, 4.69) is 22.5 Å². The Hall–Kier alpha value is -1.85. The number of amides is 1. The molecule has 0 bridgehead atoms. The van der Waals surface area contributed by atoms with Crippen molar-refractivity contribution in [1.82, 2.24) is 20.0 Å². The van der Waals surface area contributed by atoms with Crippen molar-refractivity contribution in [3.8, 4) is 0 Å². The van der Waals surface area contributed by atoms with E-state index in [-0.39, 0.29) is 18.3 Å². The number of hydrogen-bond acceptors (Lipinski definition) is 3. The normalized spacial score (nSPS) is 10.1. The summed E-state index contributed by atoms with van der Waals surface area (Å²) in [7, 11) is 3.69. The summed E-state index contributed by atoms with van der Waals surface area (Å²) in [5.41, 5.74) is 2.75. The van der Waals surface area contributed by atoms with Crippen LogP contribution < -0.4 is 5.32 Å². The summed E-state index contributed by atoms with van der Waals surface area (Å²) >= 11 is 0. The average molecular weight is 323 g/mol. The largest absolute Gasteiger partial charge is 0.340 e. The predicted molar refractivity (Wildman–Crippen MR) is 90.6 cm³/mol. The van der Waals surface area contributed by atoms with Gasteiger partial charge in [-0.2, -0.15) is 5.10 Å². The number of hydrogen-bond donors (Lipinski definition) is 1. The van der Waals surface area contributed by atoms with Gasteiger partial charge in [0.05, 0.1) is 18.3 Å². The lowest BCUT2D eigenvalue weighted by atomic mass is 10.2. The summed E-state index contributed by atoms with van der Waals surface area (Å²) < 4.78 is 1.87. The second kappa shape index (κ2) is 8.56. The number of benzene rings is 1. The number of nitrogens with zero attached hydrogens (tertiary/aromatic N) is 3. The van der Waals surface area contributed by atoms with Gasteiger partial charge in [-0.1, -0.05) is 30.3 Å². The number of aromatic nitrogens is 2. The Bertz CT molecular complexity index is 597. The first-order valence-electron chi connectivity index (χ1n) is 7.10. The fourth-order valence-corrected chi connectivity index (χ4v) is 2.16. The number of carbonyl (C=O) groups excluding carboxylic acids is 1. The van der Waals surface area contributed by atoms with E-state index in [1.165, 1.54) is 5.56 Å². The number of nitrogens with one attached hydrogen (secondary N) is 1. The van der Waals surface area contributed by atoms with Gasteiger partial charge < -0.3 is 10.2 Å². The highest BCUT2D eigenvalue weighted by atomic mass is 35.5. The summed E-state index contributed by atoms with van der Waals surface area (Å²) in [6.07, 6.45) is 1.66. The minimum absolute atomic E-state index is 0. The van der Waals surface area contributed by atoms with Crippen LogP contribution in [-0.4, -0.2) is 47.8 Å². The second-order valence-corrected chi connectivity index (χ2v) is 5.12. The molecular formula is C16H23ClN4O. The molecule has 0 atom stereocenters. The van der Waals surface area contributed by atoms with Crippen LogP contribution in [0.25, 0.3) is 0 Å². The number of likely N-dealkylation sites (N-methyl/N-ethyl adjacent to an activating group) is 2. The van der Waals surface area contributed by atoms with Crippen LogP contribution in [0.15, 0.2) is 36.5 Å². The molecule has 0 aliphatic rings. The molecule has 0 unspecified atom stereocenters. The average Bonchev–Trinajstić information content (AvgIpc) is 2.86. The monoisotopic (exact) mass is 322 g/mol. The van der Waals surface area contributed by atoms with Crippen molar-refractivity contribution < 1.29 is 4.79 Å². The second-order valence-electron chi connectivity index (χ2n) is 5.12. The molecule has 0 aliphatic heterocycles. The van der Waals surface area contributed by atoms with Crippen LogP contribution in [0.2, 0.25) is 0 Å².